The molecule has 0 fully saturated rings. The van der Waals surface area contributed by atoms with Crippen LogP contribution in [0.5, 0.6) is 5.75 Å². The van der Waals surface area contributed by atoms with E-state index in [0.717, 1.165) is 5.56 Å². The number of benzene rings is 2. The quantitative estimate of drug-likeness (QED) is 0.612. The topological polar surface area (TPSA) is 89.5 Å². The number of ketones is 1. The van der Waals surface area contributed by atoms with E-state index in [1.54, 1.807) is 30.3 Å². The molecule has 1 unspecified atom stereocenters. The molecule has 0 saturated heterocycles. The lowest BCUT2D eigenvalue weighted by Gasteiger charge is -2.32. The standard InChI is InChI=1S/C18H15NO5S.CH4/c20-11-18-7-6-13-9-14(4-5-16(13)17(18)21)24-10-12-2-1-3-15(8-12)25(22,23)19-18;/h1-5,8-9,11,19H,6-7,10H2;1H4. The smallest absolute Gasteiger partial charge is 0.241 e. The third kappa shape index (κ3) is 2.83. The molecular weight excluding hydrogens is 354 g/mol. The number of rotatable bonds is 1. The number of carbonyl (C=O) groups excluding carboxylic acids is 2. The van der Waals surface area contributed by atoms with Crippen molar-refractivity contribution in [1.82, 2.24) is 4.72 Å². The molecule has 2 aromatic carbocycles. The Labute approximate surface area is 152 Å². The molecule has 1 aliphatic carbocycles. The van der Waals surface area contributed by atoms with E-state index < -0.39 is 21.3 Å². The van der Waals surface area contributed by atoms with Gasteiger partial charge in [0.05, 0.1) is 4.90 Å². The zero-order valence-electron chi connectivity index (χ0n) is 13.2. The molecule has 6 nitrogen and oxygen atoms in total. The minimum atomic E-state index is -4.04. The molecule has 26 heavy (non-hydrogen) atoms. The summed E-state index contributed by atoms with van der Waals surface area (Å²) in [6, 6.07) is 11.3. The SMILES string of the molecule is C.O=CC12CCc3cc(ccc3C1=O)OCc1cccc(c1)S(=O)(=O)N2. The van der Waals surface area contributed by atoms with Crippen LogP contribution < -0.4 is 9.46 Å². The van der Waals surface area contributed by atoms with Crippen molar-refractivity contribution < 1.29 is 22.7 Å². The van der Waals surface area contributed by atoms with E-state index in [1.807, 2.05) is 0 Å². The second-order valence-corrected chi connectivity index (χ2v) is 7.96. The van der Waals surface area contributed by atoms with E-state index in [1.165, 1.54) is 12.1 Å². The molecule has 2 aromatic rings. The van der Waals surface area contributed by atoms with Crippen LogP contribution in [0.2, 0.25) is 0 Å². The fraction of sp³-hybridized carbons (Fsp3) is 0.263. The number of sulfonamides is 1. The molecule has 6 bridgehead atoms. The van der Waals surface area contributed by atoms with Crippen molar-refractivity contribution in [2.75, 3.05) is 0 Å². The van der Waals surface area contributed by atoms with Crippen molar-refractivity contribution in [3.05, 3.63) is 59.2 Å². The maximum absolute atomic E-state index is 12.9. The summed E-state index contributed by atoms with van der Waals surface area (Å²) in [5, 5.41) is 0. The van der Waals surface area contributed by atoms with Gasteiger partial charge in [-0.3, -0.25) is 4.79 Å². The van der Waals surface area contributed by atoms with Crippen LogP contribution in [-0.4, -0.2) is 26.0 Å². The molecule has 0 aromatic heterocycles. The van der Waals surface area contributed by atoms with Gasteiger partial charge in [0, 0.05) is 5.56 Å². The molecule has 0 radical (unpaired) electrons. The highest BCUT2D eigenvalue weighted by molar-refractivity contribution is 7.89. The molecular formula is C19H19NO5S. The number of aldehydes is 1. The van der Waals surface area contributed by atoms with Crippen LogP contribution in [0.4, 0.5) is 0 Å². The van der Waals surface area contributed by atoms with Gasteiger partial charge in [0.25, 0.3) is 0 Å². The van der Waals surface area contributed by atoms with Crippen molar-refractivity contribution in [2.45, 2.75) is 37.3 Å². The minimum Gasteiger partial charge on any atom is -0.489 e. The molecule has 0 saturated carbocycles. The molecule has 1 atom stereocenters. The molecule has 136 valence electrons. The van der Waals surface area contributed by atoms with Crippen LogP contribution >= 0.6 is 0 Å². The van der Waals surface area contributed by atoms with Gasteiger partial charge in [-0.1, -0.05) is 19.6 Å². The van der Waals surface area contributed by atoms with Gasteiger partial charge in [0.1, 0.15) is 18.6 Å². The first-order chi connectivity index (χ1) is 11.9. The Kier molecular flexibility index (Phi) is 4.46. The van der Waals surface area contributed by atoms with Crippen molar-refractivity contribution in [1.29, 1.82) is 0 Å². The number of fused-ring (bicyclic) bond motifs is 2. The molecule has 7 heteroatoms. The van der Waals surface area contributed by atoms with Gasteiger partial charge in [-0.05, 0) is 54.3 Å². The summed E-state index contributed by atoms with van der Waals surface area (Å²) in [5.74, 6) is 0.0693. The lowest BCUT2D eigenvalue weighted by atomic mass is 9.78. The van der Waals surface area contributed by atoms with Crippen molar-refractivity contribution in [2.24, 2.45) is 0 Å². The Morgan fingerprint density at radius 2 is 1.96 bits per heavy atom. The molecule has 1 N–H and O–H groups in total. The van der Waals surface area contributed by atoms with Gasteiger partial charge >= 0.3 is 0 Å². The van der Waals surface area contributed by atoms with E-state index in [9.17, 15) is 18.0 Å². The maximum atomic E-state index is 12.9. The molecule has 0 amide bonds. The van der Waals surface area contributed by atoms with Crippen LogP contribution in [-0.2, 0) is 27.8 Å². The first-order valence-corrected chi connectivity index (χ1v) is 9.32. The van der Waals surface area contributed by atoms with E-state index in [-0.39, 0.29) is 25.3 Å². The molecule has 3 heterocycles. The summed E-state index contributed by atoms with van der Waals surface area (Å²) in [4.78, 5) is 24.7. The maximum Gasteiger partial charge on any atom is 0.241 e. The van der Waals surface area contributed by atoms with E-state index in [2.05, 4.69) is 4.72 Å². The van der Waals surface area contributed by atoms with Crippen LogP contribution in [0.15, 0.2) is 47.4 Å². The van der Waals surface area contributed by atoms with Gasteiger partial charge in [0.2, 0.25) is 10.0 Å². The first-order valence-electron chi connectivity index (χ1n) is 7.83. The summed E-state index contributed by atoms with van der Waals surface area (Å²) in [5.41, 5.74) is -0.00217. The summed E-state index contributed by atoms with van der Waals surface area (Å²) in [6.07, 6.45) is 0.881. The summed E-state index contributed by atoms with van der Waals surface area (Å²) in [6.45, 7) is 0.203. The van der Waals surface area contributed by atoms with Gasteiger partial charge in [-0.25, -0.2) is 8.42 Å². The Balaban J connectivity index is 0.00000196. The summed E-state index contributed by atoms with van der Waals surface area (Å²) in [7, 11) is -4.04. The molecule has 0 spiro atoms. The fourth-order valence-electron chi connectivity index (χ4n) is 3.28. The van der Waals surface area contributed by atoms with Crippen LogP contribution in [0.1, 0.15) is 35.3 Å². The third-order valence-electron chi connectivity index (χ3n) is 4.65. The number of Topliss-reactive ketones (excluding diaryl/α,β-unsaturated/α-hetero) is 1. The van der Waals surface area contributed by atoms with Crippen molar-refractivity contribution in [3.63, 3.8) is 0 Å². The third-order valence-corrected chi connectivity index (χ3v) is 6.15. The highest BCUT2D eigenvalue weighted by Crippen LogP contribution is 2.32. The number of hydrogen-bond donors (Lipinski definition) is 1. The van der Waals surface area contributed by atoms with Gasteiger partial charge in [-0.2, -0.15) is 4.72 Å². The van der Waals surface area contributed by atoms with Crippen LogP contribution in [0.25, 0.3) is 0 Å². The van der Waals surface area contributed by atoms with Crippen molar-refractivity contribution in [3.8, 4) is 5.75 Å². The zero-order valence-corrected chi connectivity index (χ0v) is 14.0. The predicted octanol–water partition coefficient (Wildman–Crippen LogP) is 2.26. The van der Waals surface area contributed by atoms with Crippen LogP contribution in [0.3, 0.4) is 0 Å². The average molecular weight is 373 g/mol. The number of aryl methyl sites for hydroxylation is 1. The van der Waals surface area contributed by atoms with Crippen LogP contribution in [0, 0.1) is 0 Å². The summed E-state index contributed by atoms with van der Waals surface area (Å²) >= 11 is 0. The normalized spacial score (nSPS) is 23.0. The van der Waals surface area contributed by atoms with E-state index in [4.69, 9.17) is 4.74 Å². The highest BCUT2D eigenvalue weighted by atomic mass is 32.2. The summed E-state index contributed by atoms with van der Waals surface area (Å²) < 4.78 is 33.6. The zero-order chi connectivity index (χ0) is 17.7. The molecule has 3 aliphatic heterocycles. The highest BCUT2D eigenvalue weighted by Gasteiger charge is 2.46. The van der Waals surface area contributed by atoms with Gasteiger partial charge in [-0.15, -0.1) is 0 Å². The predicted molar refractivity (Wildman–Crippen MR) is 95.7 cm³/mol. The second kappa shape index (κ2) is 6.34. The monoisotopic (exact) mass is 373 g/mol. The number of nitrogens with one attached hydrogen (secondary N) is 1. The average Bonchev–Trinajstić information content (AvgIpc) is 2.62. The number of hydrogen-bond acceptors (Lipinski definition) is 5. The Hall–Kier alpha value is -2.51. The first kappa shape index (κ1) is 18.3. The lowest BCUT2D eigenvalue weighted by Crippen LogP contribution is -2.57. The van der Waals surface area contributed by atoms with Crippen molar-refractivity contribution >= 4 is 22.1 Å². The largest absolute Gasteiger partial charge is 0.489 e. The number of ether oxygens (including phenoxy) is 1. The second-order valence-electron chi connectivity index (χ2n) is 6.28. The van der Waals surface area contributed by atoms with E-state index in [0.29, 0.717) is 29.6 Å². The van der Waals surface area contributed by atoms with Gasteiger partial charge < -0.3 is 9.53 Å². The number of carbonyl (C=O) groups is 2. The van der Waals surface area contributed by atoms with E-state index >= 15 is 0 Å². The minimum absolute atomic E-state index is 0. The Bertz CT molecular complexity index is 999. The lowest BCUT2D eigenvalue weighted by molar-refractivity contribution is -0.111. The molecule has 6 rings (SSSR count). The Morgan fingerprint density at radius 1 is 1.15 bits per heavy atom. The molecule has 4 aliphatic rings. The van der Waals surface area contributed by atoms with Gasteiger partial charge in [0.15, 0.2) is 11.3 Å². The Morgan fingerprint density at radius 3 is 2.73 bits per heavy atom. The fourth-order valence-corrected chi connectivity index (χ4v) is 4.68.